The first kappa shape index (κ1) is 12.2. The molecular formula is C11H13N5O2S. The Bertz CT molecular complexity index is 594. The molecule has 1 amide bonds. The van der Waals surface area contributed by atoms with Gasteiger partial charge in [0.25, 0.3) is 5.91 Å². The third-order valence-electron chi connectivity index (χ3n) is 3.06. The summed E-state index contributed by atoms with van der Waals surface area (Å²) in [7, 11) is 0. The molecular weight excluding hydrogens is 266 g/mol. The highest BCUT2D eigenvalue weighted by atomic mass is 32.1. The monoisotopic (exact) mass is 279 g/mol. The number of β-amino-alcohol motifs (C(OH)–C–C–N with tert-alkyl or cyclic N) is 1. The van der Waals surface area contributed by atoms with Crippen LogP contribution in [0.1, 0.15) is 21.8 Å². The van der Waals surface area contributed by atoms with E-state index in [0.29, 0.717) is 40.9 Å². The fourth-order valence-corrected chi connectivity index (χ4v) is 3.06. The van der Waals surface area contributed by atoms with E-state index in [4.69, 9.17) is 0 Å². The SMILES string of the molecule is Cc1nc(-c2ncn[nH]2)sc1C(=O)N1CC[C@@H](O)C1. The fraction of sp³-hybridized carbons (Fsp3) is 0.455. The second-order valence-electron chi connectivity index (χ2n) is 4.46. The van der Waals surface area contributed by atoms with Crippen LogP contribution in [0.4, 0.5) is 0 Å². The number of aromatic amines is 1. The van der Waals surface area contributed by atoms with Gasteiger partial charge >= 0.3 is 0 Å². The largest absolute Gasteiger partial charge is 0.391 e. The third kappa shape index (κ3) is 2.24. The summed E-state index contributed by atoms with van der Waals surface area (Å²) in [5.74, 6) is 0.492. The summed E-state index contributed by atoms with van der Waals surface area (Å²) < 4.78 is 0. The van der Waals surface area contributed by atoms with Gasteiger partial charge in [-0.05, 0) is 13.3 Å². The Hall–Kier alpha value is -1.80. The van der Waals surface area contributed by atoms with Gasteiger partial charge in [-0.25, -0.2) is 9.97 Å². The van der Waals surface area contributed by atoms with Gasteiger partial charge in [0.1, 0.15) is 11.2 Å². The third-order valence-corrected chi connectivity index (χ3v) is 4.21. The number of aliphatic hydroxyl groups is 1. The zero-order valence-corrected chi connectivity index (χ0v) is 11.1. The molecule has 8 heteroatoms. The summed E-state index contributed by atoms with van der Waals surface area (Å²) in [6.07, 6.45) is 1.63. The van der Waals surface area contributed by atoms with E-state index in [1.165, 1.54) is 17.7 Å². The Morgan fingerprint density at radius 3 is 3.11 bits per heavy atom. The average Bonchev–Trinajstić information content (AvgIpc) is 3.07. The topological polar surface area (TPSA) is 95.0 Å². The number of nitrogens with zero attached hydrogens (tertiary/aromatic N) is 4. The van der Waals surface area contributed by atoms with Crippen LogP contribution in [0.3, 0.4) is 0 Å². The van der Waals surface area contributed by atoms with Gasteiger partial charge in [0.15, 0.2) is 10.8 Å². The molecule has 100 valence electrons. The van der Waals surface area contributed by atoms with E-state index in [-0.39, 0.29) is 5.91 Å². The zero-order chi connectivity index (χ0) is 13.4. The molecule has 1 saturated heterocycles. The number of aliphatic hydroxyl groups excluding tert-OH is 1. The molecule has 0 aromatic carbocycles. The molecule has 0 radical (unpaired) electrons. The minimum absolute atomic E-state index is 0.0719. The second kappa shape index (κ2) is 4.71. The number of aromatic nitrogens is 4. The number of hydrogen-bond donors (Lipinski definition) is 2. The van der Waals surface area contributed by atoms with Gasteiger partial charge in [-0.1, -0.05) is 0 Å². The predicted octanol–water partition coefficient (Wildman–Crippen LogP) is 0.443. The maximum Gasteiger partial charge on any atom is 0.265 e. The van der Waals surface area contributed by atoms with Crippen LogP contribution in [0.5, 0.6) is 0 Å². The second-order valence-corrected chi connectivity index (χ2v) is 5.46. The molecule has 1 fully saturated rings. The predicted molar refractivity (Wildman–Crippen MR) is 68.8 cm³/mol. The highest BCUT2D eigenvalue weighted by Gasteiger charge is 2.28. The Balaban J connectivity index is 1.87. The molecule has 1 aliphatic rings. The van der Waals surface area contributed by atoms with Crippen molar-refractivity contribution in [2.45, 2.75) is 19.4 Å². The lowest BCUT2D eigenvalue weighted by Crippen LogP contribution is -2.29. The lowest BCUT2D eigenvalue weighted by atomic mass is 10.3. The van der Waals surface area contributed by atoms with Crippen LogP contribution in [-0.2, 0) is 0 Å². The van der Waals surface area contributed by atoms with Crippen molar-refractivity contribution in [2.24, 2.45) is 0 Å². The van der Waals surface area contributed by atoms with Crippen molar-refractivity contribution >= 4 is 17.2 Å². The van der Waals surface area contributed by atoms with Crippen molar-refractivity contribution in [1.29, 1.82) is 0 Å². The lowest BCUT2D eigenvalue weighted by molar-refractivity contribution is 0.0769. The maximum absolute atomic E-state index is 12.3. The maximum atomic E-state index is 12.3. The van der Waals surface area contributed by atoms with Crippen molar-refractivity contribution in [2.75, 3.05) is 13.1 Å². The Morgan fingerprint density at radius 1 is 1.63 bits per heavy atom. The molecule has 19 heavy (non-hydrogen) atoms. The normalized spacial score (nSPS) is 19.1. The number of amides is 1. The number of rotatable bonds is 2. The first-order valence-corrected chi connectivity index (χ1v) is 6.77. The molecule has 2 aromatic heterocycles. The summed E-state index contributed by atoms with van der Waals surface area (Å²) in [6, 6.07) is 0. The van der Waals surface area contributed by atoms with Crippen molar-refractivity contribution < 1.29 is 9.90 Å². The van der Waals surface area contributed by atoms with E-state index in [0.717, 1.165) is 0 Å². The van der Waals surface area contributed by atoms with Gasteiger partial charge in [0.05, 0.1) is 11.8 Å². The van der Waals surface area contributed by atoms with E-state index in [1.54, 1.807) is 11.8 Å². The van der Waals surface area contributed by atoms with E-state index >= 15 is 0 Å². The Labute approximate surface area is 113 Å². The van der Waals surface area contributed by atoms with Crippen LogP contribution in [0.15, 0.2) is 6.33 Å². The molecule has 0 aliphatic carbocycles. The number of thiazole rings is 1. The lowest BCUT2D eigenvalue weighted by Gasteiger charge is -2.14. The van der Waals surface area contributed by atoms with Crippen LogP contribution in [0, 0.1) is 6.92 Å². The highest BCUT2D eigenvalue weighted by molar-refractivity contribution is 7.17. The van der Waals surface area contributed by atoms with Gasteiger partial charge in [0.2, 0.25) is 0 Å². The van der Waals surface area contributed by atoms with Crippen LogP contribution in [0.2, 0.25) is 0 Å². The molecule has 2 N–H and O–H groups in total. The molecule has 7 nitrogen and oxygen atoms in total. The molecule has 3 rings (SSSR count). The Morgan fingerprint density at radius 2 is 2.47 bits per heavy atom. The van der Waals surface area contributed by atoms with Crippen molar-refractivity contribution in [3.63, 3.8) is 0 Å². The van der Waals surface area contributed by atoms with Gasteiger partial charge in [-0.15, -0.1) is 11.3 Å². The molecule has 1 atom stereocenters. The average molecular weight is 279 g/mol. The molecule has 0 spiro atoms. The van der Waals surface area contributed by atoms with E-state index in [9.17, 15) is 9.90 Å². The number of H-pyrrole nitrogens is 1. The zero-order valence-electron chi connectivity index (χ0n) is 10.3. The van der Waals surface area contributed by atoms with E-state index in [1.807, 2.05) is 0 Å². The Kier molecular flexibility index (Phi) is 3.03. The number of nitrogens with one attached hydrogen (secondary N) is 1. The van der Waals surface area contributed by atoms with Gasteiger partial charge in [0, 0.05) is 13.1 Å². The van der Waals surface area contributed by atoms with Crippen molar-refractivity contribution in [3.05, 3.63) is 16.9 Å². The van der Waals surface area contributed by atoms with Crippen LogP contribution >= 0.6 is 11.3 Å². The molecule has 2 aromatic rings. The van der Waals surface area contributed by atoms with Crippen LogP contribution in [-0.4, -0.2) is 55.3 Å². The van der Waals surface area contributed by atoms with E-state index in [2.05, 4.69) is 20.2 Å². The summed E-state index contributed by atoms with van der Waals surface area (Å²) >= 11 is 1.30. The number of likely N-dealkylation sites (tertiary alicyclic amines) is 1. The van der Waals surface area contributed by atoms with Gasteiger partial charge < -0.3 is 10.0 Å². The summed E-state index contributed by atoms with van der Waals surface area (Å²) in [6.45, 7) is 2.79. The summed E-state index contributed by atoms with van der Waals surface area (Å²) in [4.78, 5) is 23.0. The number of carbonyl (C=O) groups is 1. The number of aryl methyl sites for hydroxylation is 1. The number of carbonyl (C=O) groups excluding carboxylic acids is 1. The number of hydrogen-bond acceptors (Lipinski definition) is 6. The minimum Gasteiger partial charge on any atom is -0.391 e. The fourth-order valence-electron chi connectivity index (χ4n) is 2.07. The standard InChI is InChI=1S/C11H13N5O2S/c1-6-8(11(18)16-3-2-7(17)4-16)19-10(14-6)9-12-5-13-15-9/h5,7,17H,2-4H2,1H3,(H,12,13,15)/t7-/m1/s1. The summed E-state index contributed by atoms with van der Waals surface area (Å²) in [5, 5.41) is 16.6. The molecule has 0 unspecified atom stereocenters. The van der Waals surface area contributed by atoms with E-state index < -0.39 is 6.10 Å². The first-order chi connectivity index (χ1) is 9.15. The molecule has 0 bridgehead atoms. The van der Waals surface area contributed by atoms with Gasteiger partial charge in [-0.3, -0.25) is 9.89 Å². The molecule has 3 heterocycles. The van der Waals surface area contributed by atoms with Gasteiger partial charge in [-0.2, -0.15) is 5.10 Å². The summed E-state index contributed by atoms with van der Waals surface area (Å²) in [5.41, 5.74) is 0.683. The van der Waals surface area contributed by atoms with Crippen LogP contribution < -0.4 is 0 Å². The van der Waals surface area contributed by atoms with Crippen molar-refractivity contribution in [3.8, 4) is 10.8 Å². The highest BCUT2D eigenvalue weighted by Crippen LogP contribution is 2.27. The molecule has 0 saturated carbocycles. The minimum atomic E-state index is -0.411. The first-order valence-electron chi connectivity index (χ1n) is 5.95. The van der Waals surface area contributed by atoms with Crippen LogP contribution in [0.25, 0.3) is 10.8 Å². The molecule has 1 aliphatic heterocycles. The quantitative estimate of drug-likeness (QED) is 0.832. The smallest absolute Gasteiger partial charge is 0.265 e. The van der Waals surface area contributed by atoms with Crippen molar-refractivity contribution in [1.82, 2.24) is 25.1 Å².